The van der Waals surface area contributed by atoms with Crippen molar-refractivity contribution >= 4 is 17.4 Å². The van der Waals surface area contributed by atoms with Crippen LogP contribution in [0.5, 0.6) is 11.5 Å². The molecule has 0 radical (unpaired) electrons. The monoisotopic (exact) mass is 327 g/mol. The Labute approximate surface area is 139 Å². The molecule has 24 heavy (non-hydrogen) atoms. The average molecular weight is 327 g/mol. The topological polar surface area (TPSA) is 84.9 Å². The average Bonchev–Trinajstić information content (AvgIpc) is 2.61. The molecule has 0 saturated carbocycles. The van der Waals surface area contributed by atoms with Gasteiger partial charge in [0.05, 0.1) is 19.8 Å². The number of carboxylic acid groups (broad SMARTS) is 1. The van der Waals surface area contributed by atoms with Crippen LogP contribution in [0.3, 0.4) is 0 Å². The SMILES string of the molecule is COc1ccc(C(=O)C=CNc2ccc(C(=O)O)cc2)cc1OC. The van der Waals surface area contributed by atoms with Crippen LogP contribution in [-0.4, -0.2) is 31.1 Å². The third-order valence-electron chi connectivity index (χ3n) is 3.28. The van der Waals surface area contributed by atoms with Crippen molar-refractivity contribution in [2.75, 3.05) is 19.5 Å². The van der Waals surface area contributed by atoms with Crippen LogP contribution in [0.15, 0.2) is 54.7 Å². The lowest BCUT2D eigenvalue weighted by molar-refractivity contribution is 0.0696. The van der Waals surface area contributed by atoms with Crippen molar-refractivity contribution in [3.05, 3.63) is 65.9 Å². The minimum atomic E-state index is -0.985. The van der Waals surface area contributed by atoms with Crippen molar-refractivity contribution in [1.82, 2.24) is 0 Å². The van der Waals surface area contributed by atoms with E-state index >= 15 is 0 Å². The van der Waals surface area contributed by atoms with Crippen LogP contribution in [0.25, 0.3) is 0 Å². The molecule has 0 aliphatic carbocycles. The minimum Gasteiger partial charge on any atom is -0.493 e. The van der Waals surface area contributed by atoms with Gasteiger partial charge in [-0.3, -0.25) is 4.79 Å². The quantitative estimate of drug-likeness (QED) is 0.600. The Kier molecular flexibility index (Phi) is 5.57. The second kappa shape index (κ2) is 7.82. The van der Waals surface area contributed by atoms with Gasteiger partial charge in [-0.05, 0) is 42.5 Å². The molecule has 6 nitrogen and oxygen atoms in total. The smallest absolute Gasteiger partial charge is 0.335 e. The third-order valence-corrected chi connectivity index (χ3v) is 3.28. The molecule has 0 spiro atoms. The van der Waals surface area contributed by atoms with Crippen LogP contribution in [0.1, 0.15) is 20.7 Å². The number of nitrogens with one attached hydrogen (secondary N) is 1. The van der Waals surface area contributed by atoms with E-state index in [9.17, 15) is 9.59 Å². The molecular formula is C18H17NO5. The van der Waals surface area contributed by atoms with Crippen LogP contribution in [0, 0.1) is 0 Å². The molecule has 124 valence electrons. The highest BCUT2D eigenvalue weighted by Gasteiger charge is 2.08. The summed E-state index contributed by atoms with van der Waals surface area (Å²) in [6.07, 6.45) is 2.88. The molecule has 2 rings (SSSR count). The lowest BCUT2D eigenvalue weighted by Crippen LogP contribution is -1.99. The third kappa shape index (κ3) is 4.13. The molecule has 0 saturated heterocycles. The fraction of sp³-hybridized carbons (Fsp3) is 0.111. The maximum atomic E-state index is 12.1. The fourth-order valence-electron chi connectivity index (χ4n) is 2.01. The Morgan fingerprint density at radius 3 is 2.17 bits per heavy atom. The highest BCUT2D eigenvalue weighted by atomic mass is 16.5. The summed E-state index contributed by atoms with van der Waals surface area (Å²) in [6, 6.07) is 11.1. The van der Waals surface area contributed by atoms with Crippen LogP contribution in [-0.2, 0) is 0 Å². The van der Waals surface area contributed by atoms with Gasteiger partial charge in [0, 0.05) is 23.5 Å². The van der Waals surface area contributed by atoms with E-state index < -0.39 is 5.97 Å². The summed E-state index contributed by atoms with van der Waals surface area (Å²) in [5.74, 6) is -0.157. The lowest BCUT2D eigenvalue weighted by Gasteiger charge is -2.08. The van der Waals surface area contributed by atoms with Gasteiger partial charge >= 0.3 is 5.97 Å². The Morgan fingerprint density at radius 1 is 0.958 bits per heavy atom. The van der Waals surface area contributed by atoms with E-state index in [1.54, 1.807) is 30.3 Å². The summed E-state index contributed by atoms with van der Waals surface area (Å²) in [5.41, 5.74) is 1.34. The summed E-state index contributed by atoms with van der Waals surface area (Å²) >= 11 is 0. The van der Waals surface area contributed by atoms with E-state index in [1.807, 2.05) is 0 Å². The van der Waals surface area contributed by atoms with Crippen molar-refractivity contribution in [3.8, 4) is 11.5 Å². The summed E-state index contributed by atoms with van der Waals surface area (Å²) in [7, 11) is 3.03. The van der Waals surface area contributed by atoms with Crippen LogP contribution in [0.4, 0.5) is 5.69 Å². The number of carboxylic acids is 1. The van der Waals surface area contributed by atoms with Crippen molar-refractivity contribution in [2.45, 2.75) is 0 Å². The molecule has 0 unspecified atom stereocenters. The van der Waals surface area contributed by atoms with Crippen molar-refractivity contribution < 1.29 is 24.2 Å². The number of ether oxygens (including phenoxy) is 2. The van der Waals surface area contributed by atoms with Gasteiger partial charge in [0.25, 0.3) is 0 Å². The zero-order valence-electron chi connectivity index (χ0n) is 13.3. The highest BCUT2D eigenvalue weighted by Crippen LogP contribution is 2.27. The molecule has 2 aromatic carbocycles. The Morgan fingerprint density at radius 2 is 1.58 bits per heavy atom. The Balaban J connectivity index is 2.03. The summed E-state index contributed by atoms with van der Waals surface area (Å²) in [6.45, 7) is 0. The van der Waals surface area contributed by atoms with Crippen molar-refractivity contribution in [1.29, 1.82) is 0 Å². The van der Waals surface area contributed by atoms with Gasteiger partial charge in [-0.15, -0.1) is 0 Å². The van der Waals surface area contributed by atoms with Gasteiger partial charge in [0.2, 0.25) is 0 Å². The van der Waals surface area contributed by atoms with Crippen molar-refractivity contribution in [2.24, 2.45) is 0 Å². The first kappa shape index (κ1) is 17.1. The van der Waals surface area contributed by atoms with Gasteiger partial charge in [0.15, 0.2) is 17.3 Å². The number of benzene rings is 2. The van der Waals surface area contributed by atoms with Crippen LogP contribution < -0.4 is 14.8 Å². The second-order valence-corrected chi connectivity index (χ2v) is 4.79. The maximum Gasteiger partial charge on any atom is 0.335 e. The molecule has 0 atom stereocenters. The van der Waals surface area contributed by atoms with Crippen molar-refractivity contribution in [3.63, 3.8) is 0 Å². The Hall–Kier alpha value is -3.28. The van der Waals surface area contributed by atoms with Gasteiger partial charge in [-0.2, -0.15) is 0 Å². The standard InChI is InChI=1S/C18H17NO5/c1-23-16-8-5-13(11-17(16)24-2)15(20)9-10-19-14-6-3-12(4-7-14)18(21)22/h3-11,19H,1-2H3,(H,21,22). The number of aromatic carboxylic acids is 1. The first-order valence-electron chi connectivity index (χ1n) is 7.08. The molecule has 0 amide bonds. The van der Waals surface area contributed by atoms with Crippen LogP contribution in [0.2, 0.25) is 0 Å². The zero-order chi connectivity index (χ0) is 17.5. The molecule has 0 aliphatic heterocycles. The summed E-state index contributed by atoms with van der Waals surface area (Å²) in [4.78, 5) is 22.9. The number of hydrogen-bond donors (Lipinski definition) is 2. The summed E-state index contributed by atoms with van der Waals surface area (Å²) < 4.78 is 10.3. The minimum absolute atomic E-state index is 0.200. The van der Waals surface area contributed by atoms with E-state index in [4.69, 9.17) is 14.6 Å². The molecule has 0 aromatic heterocycles. The first-order chi connectivity index (χ1) is 11.5. The van der Waals surface area contributed by atoms with E-state index in [1.165, 1.54) is 38.6 Å². The fourth-order valence-corrected chi connectivity index (χ4v) is 2.01. The number of anilines is 1. The number of allylic oxidation sites excluding steroid dienone is 1. The maximum absolute atomic E-state index is 12.1. The van der Waals surface area contributed by atoms with Gasteiger partial charge in [-0.1, -0.05) is 0 Å². The predicted octanol–water partition coefficient (Wildman–Crippen LogP) is 3.21. The molecule has 0 bridgehead atoms. The molecule has 2 N–H and O–H groups in total. The zero-order valence-corrected chi connectivity index (χ0v) is 13.3. The van der Waals surface area contributed by atoms with Gasteiger partial charge in [0.1, 0.15) is 0 Å². The largest absolute Gasteiger partial charge is 0.493 e. The molecule has 2 aromatic rings. The molecular weight excluding hydrogens is 310 g/mol. The molecule has 0 fully saturated rings. The normalized spacial score (nSPS) is 10.4. The Bertz CT molecular complexity index is 765. The number of rotatable bonds is 7. The lowest BCUT2D eigenvalue weighted by atomic mass is 10.1. The number of hydrogen-bond acceptors (Lipinski definition) is 5. The number of carbonyl (C=O) groups is 2. The highest BCUT2D eigenvalue weighted by molar-refractivity contribution is 6.05. The molecule has 0 heterocycles. The first-order valence-corrected chi connectivity index (χ1v) is 7.08. The number of carbonyl (C=O) groups excluding carboxylic acids is 1. The van der Waals surface area contributed by atoms with E-state index in [-0.39, 0.29) is 11.3 Å². The van der Waals surface area contributed by atoms with Gasteiger partial charge < -0.3 is 19.9 Å². The van der Waals surface area contributed by atoms with E-state index in [0.29, 0.717) is 22.7 Å². The second-order valence-electron chi connectivity index (χ2n) is 4.79. The molecule has 6 heteroatoms. The van der Waals surface area contributed by atoms with E-state index in [2.05, 4.69) is 5.32 Å². The van der Waals surface area contributed by atoms with Crippen LogP contribution >= 0.6 is 0 Å². The van der Waals surface area contributed by atoms with E-state index in [0.717, 1.165) is 0 Å². The summed E-state index contributed by atoms with van der Waals surface area (Å²) in [5, 5.41) is 11.7. The predicted molar refractivity (Wildman–Crippen MR) is 90.0 cm³/mol. The molecule has 0 aliphatic rings. The number of ketones is 1. The van der Waals surface area contributed by atoms with Gasteiger partial charge in [-0.25, -0.2) is 4.79 Å². The number of methoxy groups -OCH3 is 2.